The van der Waals surface area contributed by atoms with E-state index in [4.69, 9.17) is 31.9 Å². The average Bonchev–Trinajstić information content (AvgIpc) is 3.49. The number of nitrogens with zero attached hydrogens (tertiary/aromatic N) is 4. The van der Waals surface area contributed by atoms with Crippen molar-refractivity contribution in [2.75, 3.05) is 37.8 Å². The fourth-order valence-electron chi connectivity index (χ4n) is 5.78. The molecule has 3 heterocycles. The van der Waals surface area contributed by atoms with E-state index in [1.807, 2.05) is 0 Å². The number of alkyl halides is 2. The van der Waals surface area contributed by atoms with Crippen LogP contribution in [0.5, 0.6) is 0 Å². The number of fused-ring (bicyclic) bond motifs is 1. The zero-order valence-corrected chi connectivity index (χ0v) is 21.3. The Morgan fingerprint density at radius 2 is 1.71 bits per heavy atom. The minimum atomic E-state index is -2.77. The first-order chi connectivity index (χ1) is 17.7. The van der Waals surface area contributed by atoms with E-state index in [0.717, 1.165) is 62.8 Å². The highest BCUT2D eigenvalue weighted by molar-refractivity contribution is 6.40. The van der Waals surface area contributed by atoms with Gasteiger partial charge in [-0.3, -0.25) is 0 Å². The lowest BCUT2D eigenvalue weighted by Crippen LogP contribution is -2.55. The Balaban J connectivity index is 0.000000207. The minimum absolute atomic E-state index is 0. The van der Waals surface area contributed by atoms with E-state index in [1.54, 1.807) is 31.2 Å². The molecule has 38 heavy (non-hydrogen) atoms. The van der Waals surface area contributed by atoms with Crippen LogP contribution < -0.4 is 11.5 Å². The summed E-state index contributed by atoms with van der Waals surface area (Å²) in [6, 6.07) is 6.69. The molecule has 4 radical (unpaired) electrons. The van der Waals surface area contributed by atoms with Crippen molar-refractivity contribution in [3.05, 3.63) is 35.4 Å². The number of halogens is 2. The summed E-state index contributed by atoms with van der Waals surface area (Å²) >= 11 is 0. The average molecular weight is 522 g/mol. The number of nitrogens with two attached hydrogens (primary N) is 2. The van der Waals surface area contributed by atoms with Gasteiger partial charge in [-0.1, -0.05) is 25.3 Å². The quantitative estimate of drug-likeness (QED) is 0.266. The fraction of sp³-hybridized carbons (Fsp3) is 0.593. The van der Waals surface area contributed by atoms with Crippen molar-refractivity contribution in [1.82, 2.24) is 15.1 Å². The van der Waals surface area contributed by atoms with Crippen molar-refractivity contribution in [3.63, 3.8) is 0 Å². The number of hydrogen-bond acceptors (Lipinski definition) is 7. The van der Waals surface area contributed by atoms with Gasteiger partial charge in [0.15, 0.2) is 0 Å². The maximum Gasteiger partial charge on any atom is 0.331 e. The molecule has 3 fully saturated rings. The second-order valence-electron chi connectivity index (χ2n) is 10.3. The summed E-state index contributed by atoms with van der Waals surface area (Å²) in [5.41, 5.74) is 14.1. The van der Waals surface area contributed by atoms with E-state index in [9.17, 15) is 8.78 Å². The van der Waals surface area contributed by atoms with Gasteiger partial charge in [-0.2, -0.15) is 8.78 Å². The lowest BCUT2D eigenvalue weighted by atomic mass is 9.52. The van der Waals surface area contributed by atoms with Crippen molar-refractivity contribution in [2.24, 2.45) is 22.7 Å². The summed E-state index contributed by atoms with van der Waals surface area (Å²) < 4.78 is 29.8. The van der Waals surface area contributed by atoms with Gasteiger partial charge >= 0.3 is 6.55 Å². The molecule has 2 saturated heterocycles. The van der Waals surface area contributed by atoms with Crippen molar-refractivity contribution >= 4 is 33.4 Å². The molecule has 2 aromatic rings. The lowest BCUT2D eigenvalue weighted by Gasteiger charge is -2.45. The summed E-state index contributed by atoms with van der Waals surface area (Å²) in [6.07, 6.45) is 7.26. The van der Waals surface area contributed by atoms with Gasteiger partial charge in [0.2, 0.25) is 0 Å². The Morgan fingerprint density at radius 3 is 2.29 bits per heavy atom. The summed E-state index contributed by atoms with van der Waals surface area (Å²) in [7, 11) is 12.9. The molecule has 7 nitrogen and oxygen atoms in total. The molecule has 0 spiro atoms. The largest absolute Gasteiger partial charge is 0.398 e. The van der Waals surface area contributed by atoms with E-state index >= 15 is 0 Å². The smallest absolute Gasteiger partial charge is 0.331 e. The molecule has 1 aliphatic carbocycles. The van der Waals surface area contributed by atoms with Crippen LogP contribution in [0, 0.1) is 24.7 Å². The number of benzene rings is 1. The second-order valence-corrected chi connectivity index (χ2v) is 10.3. The summed E-state index contributed by atoms with van der Waals surface area (Å²) in [5, 5.41) is 7.13. The number of aliphatic imine (C=N–C) groups is 1. The third-order valence-electron chi connectivity index (χ3n) is 7.98. The minimum Gasteiger partial charge on any atom is -0.398 e. The summed E-state index contributed by atoms with van der Waals surface area (Å²) in [5.74, 6) is 2.43. The molecule has 11 heteroatoms. The Labute approximate surface area is 227 Å². The molecule has 1 aromatic heterocycles. The van der Waals surface area contributed by atoms with Crippen molar-refractivity contribution in [2.45, 2.75) is 58.3 Å². The van der Waals surface area contributed by atoms with E-state index in [1.165, 1.54) is 19.3 Å². The van der Waals surface area contributed by atoms with Crippen LogP contribution in [-0.4, -0.2) is 75.2 Å². The van der Waals surface area contributed by atoms with Crippen LogP contribution >= 0.6 is 0 Å². The van der Waals surface area contributed by atoms with Crippen LogP contribution in [0.3, 0.4) is 0 Å². The van der Waals surface area contributed by atoms with Crippen LogP contribution in [-0.2, 0) is 4.74 Å². The molecular weight excluding hydrogens is 484 g/mol. The monoisotopic (exact) mass is 522 g/mol. The van der Waals surface area contributed by atoms with Crippen LogP contribution in [0.25, 0.3) is 11.3 Å². The van der Waals surface area contributed by atoms with Gasteiger partial charge in [-0.15, -0.1) is 10.2 Å². The third-order valence-corrected chi connectivity index (χ3v) is 7.98. The van der Waals surface area contributed by atoms with E-state index in [0.29, 0.717) is 34.2 Å². The number of aromatic nitrogens is 2. The molecule has 1 aromatic carbocycles. The molecule has 202 valence electrons. The first-order valence-corrected chi connectivity index (χ1v) is 12.9. The highest BCUT2D eigenvalue weighted by Gasteiger charge is 2.43. The molecular formula is C27H38B2F2N6O. The third kappa shape index (κ3) is 6.91. The van der Waals surface area contributed by atoms with E-state index in [-0.39, 0.29) is 7.43 Å². The molecule has 1 saturated carbocycles. The molecule has 4 N–H and O–H groups in total. The number of ether oxygens (including phenoxy) is 1. The molecule has 2 unspecified atom stereocenters. The summed E-state index contributed by atoms with van der Waals surface area (Å²) in [4.78, 5) is 5.43. The first kappa shape index (κ1) is 30.0. The molecule has 0 amide bonds. The van der Waals surface area contributed by atoms with Gasteiger partial charge < -0.3 is 21.1 Å². The molecule has 3 aliphatic rings. The second kappa shape index (κ2) is 13.0. The number of hydrogen-bond donors (Lipinski definition) is 2. The highest BCUT2D eigenvalue weighted by Crippen LogP contribution is 2.41. The molecule has 2 atom stereocenters. The standard InChI is InChI=1S/C13H21B2NO.C13H13F2N5.CH4/c14-13(15,12-4-6-17-7-5-12)16-8-10-2-1-3-11(10)9-16;1-7-8(11-4-5-12(17)20-19-11)2-3-10(16)9(7)6-18-13(14)15;/h10-12H,1-9H2;2-6,13H,16H2,1H3,(H2,17,20);1H4/b;18-6+;. The van der Waals surface area contributed by atoms with E-state index < -0.39 is 11.9 Å². The van der Waals surface area contributed by atoms with Crippen LogP contribution in [0.4, 0.5) is 20.3 Å². The predicted molar refractivity (Wildman–Crippen MR) is 152 cm³/mol. The first-order valence-electron chi connectivity index (χ1n) is 12.9. The van der Waals surface area contributed by atoms with Crippen molar-refractivity contribution in [3.8, 4) is 11.3 Å². The predicted octanol–water partition coefficient (Wildman–Crippen LogP) is 4.03. The topological polar surface area (TPSA) is 103 Å². The maximum atomic E-state index is 12.2. The maximum absolute atomic E-state index is 12.2. The number of anilines is 2. The van der Waals surface area contributed by atoms with Gasteiger partial charge in [0.05, 0.1) is 21.4 Å². The zero-order valence-electron chi connectivity index (χ0n) is 21.3. The number of nitrogen functional groups attached to an aromatic ring is 2. The van der Waals surface area contributed by atoms with E-state index in [2.05, 4.69) is 20.1 Å². The molecule has 2 aliphatic heterocycles. The summed E-state index contributed by atoms with van der Waals surface area (Å²) in [6.45, 7) is 2.87. The Hall–Kier alpha value is -2.52. The molecule has 0 bridgehead atoms. The Kier molecular flexibility index (Phi) is 10.3. The van der Waals surface area contributed by atoms with Gasteiger partial charge in [-0.25, -0.2) is 4.99 Å². The van der Waals surface area contributed by atoms with Crippen LogP contribution in [0.1, 0.15) is 50.7 Å². The zero-order chi connectivity index (χ0) is 26.6. The Morgan fingerprint density at radius 1 is 1.05 bits per heavy atom. The normalized spacial score (nSPS) is 22.2. The van der Waals surface area contributed by atoms with Crippen molar-refractivity contribution < 1.29 is 13.5 Å². The lowest BCUT2D eigenvalue weighted by molar-refractivity contribution is 0.0375. The van der Waals surface area contributed by atoms with Gasteiger partial charge in [0, 0.05) is 49.3 Å². The fourth-order valence-corrected chi connectivity index (χ4v) is 5.78. The van der Waals surface area contributed by atoms with Crippen molar-refractivity contribution in [1.29, 1.82) is 0 Å². The highest BCUT2D eigenvalue weighted by atomic mass is 19.3. The molecule has 5 rings (SSSR count). The van der Waals surface area contributed by atoms with Gasteiger partial charge in [0.1, 0.15) is 5.82 Å². The SMILES string of the molecule is C.Cc1c(-c2ccc(N)nn2)ccc(N)c1/C=N/C(F)F.[B]C([B])(C1CCOCC1)N1CC2CCCC2C1. The number of rotatable bonds is 5. The Bertz CT molecular complexity index is 1070. The van der Waals surface area contributed by atoms with Crippen LogP contribution in [0.15, 0.2) is 29.3 Å². The van der Waals surface area contributed by atoms with Gasteiger partial charge in [0.25, 0.3) is 0 Å². The number of likely N-dealkylation sites (tertiary alicyclic amines) is 1. The van der Waals surface area contributed by atoms with Crippen LogP contribution in [0.2, 0.25) is 0 Å². The van der Waals surface area contributed by atoms with Gasteiger partial charge in [-0.05, 0) is 74.1 Å².